The highest BCUT2D eigenvalue weighted by molar-refractivity contribution is 7.20. The molecule has 0 radical (unpaired) electrons. The van der Waals surface area contributed by atoms with Crippen LogP contribution in [0.2, 0.25) is 0 Å². The molecule has 25 heavy (non-hydrogen) atoms. The first-order valence-corrected chi connectivity index (χ1v) is 8.74. The summed E-state index contributed by atoms with van der Waals surface area (Å²) < 4.78 is 5.37. The number of fused-ring (bicyclic) bond motifs is 1. The van der Waals surface area contributed by atoms with Gasteiger partial charge in [0.2, 0.25) is 5.91 Å². The van der Waals surface area contributed by atoms with Gasteiger partial charge in [0.15, 0.2) is 11.6 Å². The van der Waals surface area contributed by atoms with Gasteiger partial charge in [-0.15, -0.1) is 11.3 Å². The smallest absolute Gasteiger partial charge is 0.264 e. The monoisotopic (exact) mass is 356 g/mol. The minimum atomic E-state index is -0.130. The van der Waals surface area contributed by atoms with Crippen LogP contribution in [0.5, 0.6) is 0 Å². The first kappa shape index (κ1) is 15.8. The van der Waals surface area contributed by atoms with Crippen LogP contribution in [0.3, 0.4) is 0 Å². The molecule has 128 valence electrons. The normalized spacial score (nSPS) is 14.8. The highest BCUT2D eigenvalue weighted by Crippen LogP contribution is 2.33. The Labute approximate surface area is 147 Å². The Morgan fingerprint density at radius 3 is 2.92 bits per heavy atom. The fourth-order valence-corrected chi connectivity index (χ4v) is 4.21. The number of furan rings is 1. The van der Waals surface area contributed by atoms with E-state index < -0.39 is 0 Å². The van der Waals surface area contributed by atoms with Crippen molar-refractivity contribution in [3.8, 4) is 11.6 Å². The van der Waals surface area contributed by atoms with Crippen LogP contribution < -0.4 is 5.32 Å². The van der Waals surface area contributed by atoms with E-state index in [1.165, 1.54) is 11.3 Å². The molecule has 0 aliphatic carbocycles. The standard InChI is InChI=1S/C17H16N4O3S/c1-9-13-10(2)19-15(11-4-3-7-24-11)20-16(13)25-14(9)17(23)21-6-5-18-12(22)8-21/h3-4,7H,5-6,8H2,1-2H3,(H,18,22). The van der Waals surface area contributed by atoms with Crippen LogP contribution in [0.1, 0.15) is 20.9 Å². The fourth-order valence-electron chi connectivity index (χ4n) is 3.01. The van der Waals surface area contributed by atoms with Crippen molar-refractivity contribution in [2.75, 3.05) is 19.6 Å². The molecule has 3 aromatic rings. The van der Waals surface area contributed by atoms with E-state index in [1.54, 1.807) is 23.3 Å². The number of hydrogen-bond acceptors (Lipinski definition) is 6. The van der Waals surface area contributed by atoms with Gasteiger partial charge in [0.05, 0.1) is 23.4 Å². The van der Waals surface area contributed by atoms with Gasteiger partial charge in [0.1, 0.15) is 4.83 Å². The average Bonchev–Trinajstić information content (AvgIpc) is 3.22. The number of carbonyl (C=O) groups excluding carboxylic acids is 2. The van der Waals surface area contributed by atoms with Crippen molar-refractivity contribution in [2.45, 2.75) is 13.8 Å². The number of nitrogens with one attached hydrogen (secondary N) is 1. The third kappa shape index (κ3) is 2.68. The molecule has 1 saturated heterocycles. The van der Waals surface area contributed by atoms with Gasteiger partial charge in [-0.3, -0.25) is 9.59 Å². The number of thiophene rings is 1. The van der Waals surface area contributed by atoms with Crippen molar-refractivity contribution in [1.29, 1.82) is 0 Å². The van der Waals surface area contributed by atoms with Crippen molar-refractivity contribution in [1.82, 2.24) is 20.2 Å². The minimum Gasteiger partial charge on any atom is -0.461 e. The third-order valence-corrected chi connectivity index (χ3v) is 5.41. The quantitative estimate of drug-likeness (QED) is 0.760. The van der Waals surface area contributed by atoms with Gasteiger partial charge >= 0.3 is 0 Å². The topological polar surface area (TPSA) is 88.3 Å². The molecule has 3 aromatic heterocycles. The number of nitrogens with zero attached hydrogens (tertiary/aromatic N) is 3. The molecule has 0 atom stereocenters. The zero-order chi connectivity index (χ0) is 17.6. The van der Waals surface area contributed by atoms with Crippen LogP contribution in [0, 0.1) is 13.8 Å². The van der Waals surface area contributed by atoms with E-state index in [9.17, 15) is 9.59 Å². The summed E-state index contributed by atoms with van der Waals surface area (Å²) in [5.41, 5.74) is 1.67. The summed E-state index contributed by atoms with van der Waals surface area (Å²) >= 11 is 1.34. The van der Waals surface area contributed by atoms with Crippen molar-refractivity contribution < 1.29 is 14.0 Å². The molecular formula is C17H16N4O3S. The molecule has 1 aliphatic heterocycles. The molecule has 7 nitrogen and oxygen atoms in total. The molecule has 0 aromatic carbocycles. The molecule has 1 fully saturated rings. The molecule has 4 rings (SSSR count). The first-order valence-electron chi connectivity index (χ1n) is 7.92. The summed E-state index contributed by atoms with van der Waals surface area (Å²) in [6, 6.07) is 3.59. The molecule has 4 heterocycles. The molecule has 0 bridgehead atoms. The Bertz CT molecular complexity index is 978. The Hall–Kier alpha value is -2.74. The lowest BCUT2D eigenvalue weighted by molar-refractivity contribution is -0.123. The SMILES string of the molecule is Cc1nc(-c2ccco2)nc2sc(C(=O)N3CCNC(=O)C3)c(C)c12. The number of amides is 2. The molecular weight excluding hydrogens is 340 g/mol. The van der Waals surface area contributed by atoms with Crippen LogP contribution in [0.15, 0.2) is 22.8 Å². The number of carbonyl (C=O) groups is 2. The second kappa shape index (κ2) is 5.96. The fraction of sp³-hybridized carbons (Fsp3) is 0.294. The van der Waals surface area contributed by atoms with Gasteiger partial charge in [-0.1, -0.05) is 0 Å². The molecule has 1 aliphatic rings. The Morgan fingerprint density at radius 1 is 1.36 bits per heavy atom. The van der Waals surface area contributed by atoms with E-state index in [4.69, 9.17) is 4.42 Å². The van der Waals surface area contributed by atoms with Crippen molar-refractivity contribution in [3.63, 3.8) is 0 Å². The van der Waals surface area contributed by atoms with Crippen molar-refractivity contribution in [2.24, 2.45) is 0 Å². The minimum absolute atomic E-state index is 0.0921. The molecule has 8 heteroatoms. The maximum atomic E-state index is 12.9. The molecule has 1 N–H and O–H groups in total. The summed E-state index contributed by atoms with van der Waals surface area (Å²) in [4.78, 5) is 36.4. The van der Waals surface area contributed by atoms with Gasteiger partial charge in [-0.25, -0.2) is 9.97 Å². The van der Waals surface area contributed by atoms with Gasteiger partial charge in [0.25, 0.3) is 5.91 Å². The maximum absolute atomic E-state index is 12.9. The lowest BCUT2D eigenvalue weighted by Gasteiger charge is -2.26. The summed E-state index contributed by atoms with van der Waals surface area (Å²) in [5.74, 6) is 0.841. The predicted octanol–water partition coefficient (Wildman–Crippen LogP) is 2.14. The third-order valence-electron chi connectivity index (χ3n) is 4.23. The highest BCUT2D eigenvalue weighted by atomic mass is 32.1. The second-order valence-corrected chi connectivity index (χ2v) is 6.92. The second-order valence-electron chi connectivity index (χ2n) is 5.92. The number of hydrogen-bond donors (Lipinski definition) is 1. The maximum Gasteiger partial charge on any atom is 0.264 e. The lowest BCUT2D eigenvalue weighted by atomic mass is 10.1. The zero-order valence-corrected chi connectivity index (χ0v) is 14.6. The zero-order valence-electron chi connectivity index (χ0n) is 13.8. The van der Waals surface area contributed by atoms with E-state index in [1.807, 2.05) is 13.8 Å². The number of rotatable bonds is 2. The average molecular weight is 356 g/mol. The van der Waals surface area contributed by atoms with Gasteiger partial charge in [-0.2, -0.15) is 0 Å². The largest absolute Gasteiger partial charge is 0.461 e. The van der Waals surface area contributed by atoms with Gasteiger partial charge in [0, 0.05) is 18.5 Å². The Kier molecular flexibility index (Phi) is 3.76. The van der Waals surface area contributed by atoms with Crippen LogP contribution in [-0.2, 0) is 4.79 Å². The number of aromatic nitrogens is 2. The van der Waals surface area contributed by atoms with E-state index in [2.05, 4.69) is 15.3 Å². The summed E-state index contributed by atoms with van der Waals surface area (Å²) in [6.45, 7) is 4.89. The highest BCUT2D eigenvalue weighted by Gasteiger charge is 2.27. The summed E-state index contributed by atoms with van der Waals surface area (Å²) in [7, 11) is 0. The van der Waals surface area contributed by atoms with Crippen molar-refractivity contribution >= 4 is 33.4 Å². The van der Waals surface area contributed by atoms with Crippen LogP contribution >= 0.6 is 11.3 Å². The summed E-state index contributed by atoms with van der Waals surface area (Å²) in [5, 5.41) is 3.62. The Balaban J connectivity index is 1.78. The molecule has 2 amide bonds. The van der Waals surface area contributed by atoms with E-state index in [-0.39, 0.29) is 18.4 Å². The van der Waals surface area contributed by atoms with E-state index in [0.29, 0.717) is 29.6 Å². The van der Waals surface area contributed by atoms with Crippen LogP contribution in [0.25, 0.3) is 21.8 Å². The Morgan fingerprint density at radius 2 is 2.20 bits per heavy atom. The van der Waals surface area contributed by atoms with Gasteiger partial charge in [-0.05, 0) is 31.5 Å². The first-order chi connectivity index (χ1) is 12.0. The molecule has 0 saturated carbocycles. The van der Waals surface area contributed by atoms with Crippen LogP contribution in [-0.4, -0.2) is 46.3 Å². The molecule has 0 unspecified atom stereocenters. The van der Waals surface area contributed by atoms with Crippen molar-refractivity contribution in [3.05, 3.63) is 34.5 Å². The van der Waals surface area contributed by atoms with E-state index in [0.717, 1.165) is 21.5 Å². The number of piperazine rings is 1. The number of aryl methyl sites for hydroxylation is 2. The van der Waals surface area contributed by atoms with Crippen LogP contribution in [0.4, 0.5) is 0 Å². The predicted molar refractivity (Wildman–Crippen MR) is 93.5 cm³/mol. The van der Waals surface area contributed by atoms with E-state index >= 15 is 0 Å². The van der Waals surface area contributed by atoms with Gasteiger partial charge < -0.3 is 14.6 Å². The lowest BCUT2D eigenvalue weighted by Crippen LogP contribution is -2.49. The molecule has 0 spiro atoms. The summed E-state index contributed by atoms with van der Waals surface area (Å²) in [6.07, 6.45) is 1.58.